The predicted octanol–water partition coefficient (Wildman–Crippen LogP) is 3.53. The van der Waals surface area contributed by atoms with Crippen molar-refractivity contribution in [2.75, 3.05) is 20.1 Å². The number of rotatable bonds is 1. The Morgan fingerprint density at radius 3 is 2.61 bits per heavy atom. The molecule has 1 saturated heterocycles. The molecule has 0 bridgehead atoms. The molecule has 120 valence electrons. The highest BCUT2D eigenvalue weighted by atomic mass is 15.1. The van der Waals surface area contributed by atoms with Crippen LogP contribution in [0.5, 0.6) is 0 Å². The first-order valence-electron chi connectivity index (χ1n) is 8.81. The van der Waals surface area contributed by atoms with Crippen LogP contribution in [0.25, 0.3) is 5.57 Å². The minimum Gasteiger partial charge on any atom is -0.328 e. The number of hydrogen-bond donors (Lipinski definition) is 0. The molecular weight excluding hydrogens is 282 g/mol. The summed E-state index contributed by atoms with van der Waals surface area (Å²) < 4.78 is 2.46. The highest BCUT2D eigenvalue weighted by molar-refractivity contribution is 5.81. The molecule has 0 amide bonds. The predicted molar refractivity (Wildman–Crippen MR) is 94.5 cm³/mol. The lowest BCUT2D eigenvalue weighted by atomic mass is 9.90. The Balaban J connectivity index is 1.92. The van der Waals surface area contributed by atoms with Gasteiger partial charge in [0.2, 0.25) is 0 Å². The van der Waals surface area contributed by atoms with Gasteiger partial charge in [-0.25, -0.2) is 4.98 Å². The normalized spacial score (nSPS) is 18.5. The Bertz CT molecular complexity index is 744. The van der Waals surface area contributed by atoms with Crippen LogP contribution in [0.3, 0.4) is 0 Å². The van der Waals surface area contributed by atoms with Crippen molar-refractivity contribution in [3.8, 4) is 0 Å². The van der Waals surface area contributed by atoms with Gasteiger partial charge in [0.1, 0.15) is 5.82 Å². The van der Waals surface area contributed by atoms with E-state index in [2.05, 4.69) is 53.9 Å². The molecule has 1 aromatic heterocycles. The molecule has 0 unspecified atom stereocenters. The van der Waals surface area contributed by atoms with Crippen LogP contribution >= 0.6 is 0 Å². The molecule has 0 saturated carbocycles. The van der Waals surface area contributed by atoms with Crippen LogP contribution in [0.4, 0.5) is 0 Å². The van der Waals surface area contributed by atoms with Crippen molar-refractivity contribution in [1.29, 1.82) is 0 Å². The molecule has 2 aliphatic rings. The van der Waals surface area contributed by atoms with Crippen LogP contribution in [-0.2, 0) is 19.4 Å². The van der Waals surface area contributed by atoms with Crippen LogP contribution in [0.2, 0.25) is 0 Å². The number of benzene rings is 1. The Hall–Kier alpha value is -1.87. The maximum absolute atomic E-state index is 4.85. The van der Waals surface area contributed by atoms with E-state index in [-0.39, 0.29) is 0 Å². The lowest BCUT2D eigenvalue weighted by molar-refractivity contribution is 0.313. The summed E-state index contributed by atoms with van der Waals surface area (Å²) in [5, 5.41) is 0. The molecule has 1 fully saturated rings. The number of aromatic nitrogens is 2. The van der Waals surface area contributed by atoms with E-state index in [1.165, 1.54) is 28.2 Å². The number of hydrogen-bond acceptors (Lipinski definition) is 2. The molecule has 0 atom stereocenters. The summed E-state index contributed by atoms with van der Waals surface area (Å²) in [6.07, 6.45) is 6.56. The van der Waals surface area contributed by atoms with E-state index in [0.717, 1.165) is 45.3 Å². The van der Waals surface area contributed by atoms with Crippen LogP contribution in [0.1, 0.15) is 42.4 Å². The lowest BCUT2D eigenvalue weighted by Gasteiger charge is -2.26. The van der Waals surface area contributed by atoms with E-state index >= 15 is 0 Å². The van der Waals surface area contributed by atoms with E-state index in [0.29, 0.717) is 0 Å². The second-order valence-electron chi connectivity index (χ2n) is 6.77. The Kier molecular flexibility index (Phi) is 3.82. The molecule has 0 N–H and O–H groups in total. The van der Waals surface area contributed by atoms with Gasteiger partial charge in [0.15, 0.2) is 0 Å². The molecule has 1 aromatic carbocycles. The molecule has 3 heteroatoms. The lowest BCUT2D eigenvalue weighted by Crippen LogP contribution is -2.27. The van der Waals surface area contributed by atoms with Gasteiger partial charge < -0.3 is 9.47 Å². The highest BCUT2D eigenvalue weighted by Crippen LogP contribution is 2.36. The standard InChI is InChI=1S/C20H25N3/c1-3-17-14-21-20-19(16-8-11-22(2)12-9-16)18-7-5-4-6-15(18)10-13-23(17)20/h4-7,14H,3,8-13H2,1-2H3. The van der Waals surface area contributed by atoms with Crippen molar-refractivity contribution in [2.24, 2.45) is 0 Å². The zero-order valence-electron chi connectivity index (χ0n) is 14.2. The fourth-order valence-corrected chi connectivity index (χ4v) is 3.96. The molecular formula is C20H25N3. The van der Waals surface area contributed by atoms with Crippen molar-refractivity contribution in [2.45, 2.75) is 39.2 Å². The van der Waals surface area contributed by atoms with E-state index < -0.39 is 0 Å². The summed E-state index contributed by atoms with van der Waals surface area (Å²) in [5.74, 6) is 1.20. The van der Waals surface area contributed by atoms with E-state index in [9.17, 15) is 0 Å². The van der Waals surface area contributed by atoms with Gasteiger partial charge in [-0.3, -0.25) is 0 Å². The number of aryl methyl sites for hydroxylation is 2. The largest absolute Gasteiger partial charge is 0.328 e. The minimum atomic E-state index is 1.05. The number of fused-ring (bicyclic) bond motifs is 2. The van der Waals surface area contributed by atoms with Gasteiger partial charge in [-0.1, -0.05) is 36.8 Å². The molecule has 23 heavy (non-hydrogen) atoms. The Morgan fingerprint density at radius 2 is 1.83 bits per heavy atom. The fraction of sp³-hybridized carbons (Fsp3) is 0.450. The zero-order valence-corrected chi connectivity index (χ0v) is 14.2. The van der Waals surface area contributed by atoms with Crippen molar-refractivity contribution in [3.05, 3.63) is 58.7 Å². The summed E-state index contributed by atoms with van der Waals surface area (Å²) in [4.78, 5) is 7.28. The van der Waals surface area contributed by atoms with Crippen LogP contribution < -0.4 is 0 Å². The van der Waals surface area contributed by atoms with Gasteiger partial charge in [0.25, 0.3) is 0 Å². The average Bonchev–Trinajstić information content (AvgIpc) is 2.91. The van der Waals surface area contributed by atoms with Crippen LogP contribution in [-0.4, -0.2) is 34.6 Å². The van der Waals surface area contributed by atoms with Gasteiger partial charge in [0.05, 0.1) is 0 Å². The maximum atomic E-state index is 4.85. The van der Waals surface area contributed by atoms with Gasteiger partial charge in [0, 0.05) is 37.1 Å². The fourth-order valence-electron chi connectivity index (χ4n) is 3.96. The maximum Gasteiger partial charge on any atom is 0.140 e. The average molecular weight is 307 g/mol. The molecule has 3 heterocycles. The number of nitrogens with zero attached hydrogens (tertiary/aromatic N) is 3. The Labute approximate surface area is 138 Å². The molecule has 4 rings (SSSR count). The number of imidazole rings is 1. The first-order valence-corrected chi connectivity index (χ1v) is 8.81. The number of likely N-dealkylation sites (tertiary alicyclic amines) is 1. The second-order valence-corrected chi connectivity index (χ2v) is 6.77. The monoisotopic (exact) mass is 307 g/mol. The van der Waals surface area contributed by atoms with E-state index in [1.54, 1.807) is 5.57 Å². The number of piperidine rings is 1. The molecule has 0 radical (unpaired) electrons. The van der Waals surface area contributed by atoms with E-state index in [4.69, 9.17) is 4.98 Å². The SMILES string of the molecule is CCc1cnc2n1CCc1ccccc1C2=C1CCN(C)CC1. The van der Waals surface area contributed by atoms with Crippen molar-refractivity contribution in [3.63, 3.8) is 0 Å². The zero-order chi connectivity index (χ0) is 15.8. The summed E-state index contributed by atoms with van der Waals surface area (Å²) in [6.45, 7) is 5.58. The summed E-state index contributed by atoms with van der Waals surface area (Å²) in [7, 11) is 2.22. The van der Waals surface area contributed by atoms with Crippen molar-refractivity contribution in [1.82, 2.24) is 14.5 Å². The second kappa shape index (κ2) is 5.97. The molecule has 2 aromatic rings. The van der Waals surface area contributed by atoms with Crippen LogP contribution in [0, 0.1) is 0 Å². The van der Waals surface area contributed by atoms with Gasteiger partial charge in [-0.15, -0.1) is 0 Å². The molecule has 2 aliphatic heterocycles. The van der Waals surface area contributed by atoms with Crippen molar-refractivity contribution < 1.29 is 0 Å². The molecule has 0 aliphatic carbocycles. The summed E-state index contributed by atoms with van der Waals surface area (Å²) in [5.41, 5.74) is 7.26. The summed E-state index contributed by atoms with van der Waals surface area (Å²) in [6, 6.07) is 8.94. The topological polar surface area (TPSA) is 21.1 Å². The molecule has 0 spiro atoms. The highest BCUT2D eigenvalue weighted by Gasteiger charge is 2.25. The quantitative estimate of drug-likeness (QED) is 0.803. The first-order chi connectivity index (χ1) is 11.3. The summed E-state index contributed by atoms with van der Waals surface area (Å²) >= 11 is 0. The van der Waals surface area contributed by atoms with Gasteiger partial charge >= 0.3 is 0 Å². The van der Waals surface area contributed by atoms with Crippen molar-refractivity contribution >= 4 is 5.57 Å². The van der Waals surface area contributed by atoms with Gasteiger partial charge in [-0.2, -0.15) is 0 Å². The third-order valence-corrected chi connectivity index (χ3v) is 5.36. The minimum absolute atomic E-state index is 1.05. The van der Waals surface area contributed by atoms with E-state index in [1.807, 2.05) is 0 Å². The third kappa shape index (κ3) is 2.53. The van der Waals surface area contributed by atoms with Crippen LogP contribution in [0.15, 0.2) is 36.0 Å². The smallest absolute Gasteiger partial charge is 0.140 e. The van der Waals surface area contributed by atoms with Gasteiger partial charge in [-0.05, 0) is 43.9 Å². The first kappa shape index (κ1) is 14.7. The molecule has 3 nitrogen and oxygen atoms in total. The Morgan fingerprint density at radius 1 is 1.04 bits per heavy atom. The third-order valence-electron chi connectivity index (χ3n) is 5.36.